The van der Waals surface area contributed by atoms with E-state index in [9.17, 15) is 18.0 Å². The third kappa shape index (κ3) is 2.63. The molecule has 1 aromatic carbocycles. The van der Waals surface area contributed by atoms with Crippen molar-refractivity contribution in [1.82, 2.24) is 14.9 Å². The number of carbonyl (C=O) groups excluding carboxylic acids is 1. The smallest absolute Gasteiger partial charge is 0.223 e. The van der Waals surface area contributed by atoms with E-state index in [0.717, 1.165) is 11.8 Å². The summed E-state index contributed by atoms with van der Waals surface area (Å²) in [5.74, 6) is -3.89. The average Bonchev–Trinajstić information content (AvgIpc) is 3.05. The molecule has 1 N–H and O–H groups in total. The molecule has 0 spiro atoms. The SMILES string of the molecule is O=C1CC(c2cc(F)cc(F)c2F)CN1Cc1cnc[nH]1. The molecule has 0 saturated carbocycles. The minimum absolute atomic E-state index is 0.0357. The molecular weight excluding hydrogens is 283 g/mol. The largest absolute Gasteiger partial charge is 0.347 e. The lowest BCUT2D eigenvalue weighted by molar-refractivity contribution is -0.128. The zero-order valence-corrected chi connectivity index (χ0v) is 10.9. The van der Waals surface area contributed by atoms with E-state index in [-0.39, 0.29) is 24.4 Å². The molecule has 1 aromatic heterocycles. The Hall–Kier alpha value is -2.31. The highest BCUT2D eigenvalue weighted by molar-refractivity contribution is 5.79. The average molecular weight is 295 g/mol. The first-order valence-corrected chi connectivity index (χ1v) is 6.44. The maximum atomic E-state index is 13.8. The van der Waals surface area contributed by atoms with Crippen LogP contribution in [0.1, 0.15) is 23.6 Å². The highest BCUT2D eigenvalue weighted by Gasteiger charge is 2.33. The van der Waals surface area contributed by atoms with Crippen LogP contribution in [-0.2, 0) is 11.3 Å². The Morgan fingerprint density at radius 1 is 1.33 bits per heavy atom. The Labute approximate surface area is 118 Å². The quantitative estimate of drug-likeness (QED) is 0.884. The van der Waals surface area contributed by atoms with Crippen LogP contribution in [0.3, 0.4) is 0 Å². The summed E-state index contributed by atoms with van der Waals surface area (Å²) in [6, 6.07) is 1.45. The van der Waals surface area contributed by atoms with Crippen molar-refractivity contribution in [3.63, 3.8) is 0 Å². The van der Waals surface area contributed by atoms with Gasteiger partial charge in [-0.15, -0.1) is 0 Å². The number of amides is 1. The van der Waals surface area contributed by atoms with Gasteiger partial charge < -0.3 is 9.88 Å². The monoisotopic (exact) mass is 295 g/mol. The van der Waals surface area contributed by atoms with Crippen molar-refractivity contribution in [3.8, 4) is 0 Å². The molecule has 0 radical (unpaired) electrons. The van der Waals surface area contributed by atoms with Gasteiger partial charge in [0, 0.05) is 31.1 Å². The van der Waals surface area contributed by atoms with E-state index in [0.29, 0.717) is 12.6 Å². The van der Waals surface area contributed by atoms with Gasteiger partial charge in [0.2, 0.25) is 5.91 Å². The maximum absolute atomic E-state index is 13.8. The molecule has 0 aliphatic carbocycles. The van der Waals surface area contributed by atoms with Gasteiger partial charge in [-0.25, -0.2) is 18.2 Å². The van der Waals surface area contributed by atoms with Crippen LogP contribution in [0.4, 0.5) is 13.2 Å². The number of hydrogen-bond donors (Lipinski definition) is 1. The number of imidazole rings is 1. The zero-order valence-electron chi connectivity index (χ0n) is 10.9. The molecule has 21 heavy (non-hydrogen) atoms. The van der Waals surface area contributed by atoms with E-state index >= 15 is 0 Å². The van der Waals surface area contributed by atoms with Crippen molar-refractivity contribution in [2.24, 2.45) is 0 Å². The molecule has 1 aliphatic rings. The number of hydrogen-bond acceptors (Lipinski definition) is 2. The van der Waals surface area contributed by atoms with Crippen molar-refractivity contribution < 1.29 is 18.0 Å². The van der Waals surface area contributed by atoms with Gasteiger partial charge in [-0.1, -0.05) is 0 Å². The topological polar surface area (TPSA) is 49.0 Å². The van der Waals surface area contributed by atoms with Crippen LogP contribution in [0.2, 0.25) is 0 Å². The molecule has 1 amide bonds. The summed E-state index contributed by atoms with van der Waals surface area (Å²) in [6.07, 6.45) is 3.12. The van der Waals surface area contributed by atoms with Gasteiger partial charge in [0.25, 0.3) is 0 Å². The Balaban J connectivity index is 1.81. The predicted molar refractivity (Wildman–Crippen MR) is 67.7 cm³/mol. The molecule has 1 fully saturated rings. The number of nitrogens with zero attached hydrogens (tertiary/aromatic N) is 2. The Bertz CT molecular complexity index is 672. The molecule has 1 saturated heterocycles. The van der Waals surface area contributed by atoms with E-state index < -0.39 is 23.4 Å². The van der Waals surface area contributed by atoms with Crippen LogP contribution in [0.25, 0.3) is 0 Å². The van der Waals surface area contributed by atoms with E-state index in [1.54, 1.807) is 6.20 Å². The molecule has 7 heteroatoms. The number of carbonyl (C=O) groups is 1. The lowest BCUT2D eigenvalue weighted by Crippen LogP contribution is -2.24. The highest BCUT2D eigenvalue weighted by Crippen LogP contribution is 2.32. The van der Waals surface area contributed by atoms with Crippen LogP contribution in [0.15, 0.2) is 24.7 Å². The van der Waals surface area contributed by atoms with Gasteiger partial charge in [-0.2, -0.15) is 0 Å². The van der Waals surface area contributed by atoms with E-state index in [1.165, 1.54) is 11.2 Å². The maximum Gasteiger partial charge on any atom is 0.223 e. The van der Waals surface area contributed by atoms with Gasteiger partial charge in [0.1, 0.15) is 5.82 Å². The van der Waals surface area contributed by atoms with Crippen molar-refractivity contribution in [2.45, 2.75) is 18.9 Å². The molecule has 4 nitrogen and oxygen atoms in total. The van der Waals surface area contributed by atoms with Crippen LogP contribution < -0.4 is 0 Å². The third-order valence-corrected chi connectivity index (χ3v) is 3.59. The molecule has 1 unspecified atom stereocenters. The summed E-state index contributed by atoms with van der Waals surface area (Å²) < 4.78 is 40.3. The van der Waals surface area contributed by atoms with E-state index in [1.807, 2.05) is 0 Å². The first-order chi connectivity index (χ1) is 10.0. The normalized spacial score (nSPS) is 18.5. The Morgan fingerprint density at radius 2 is 2.14 bits per heavy atom. The molecular formula is C14H12F3N3O. The number of likely N-dealkylation sites (tertiary alicyclic amines) is 1. The van der Waals surface area contributed by atoms with Crippen molar-refractivity contribution in [3.05, 3.63) is 53.4 Å². The fourth-order valence-electron chi connectivity index (χ4n) is 2.58. The first-order valence-electron chi connectivity index (χ1n) is 6.44. The minimum atomic E-state index is -1.23. The highest BCUT2D eigenvalue weighted by atomic mass is 19.2. The molecule has 2 heterocycles. The van der Waals surface area contributed by atoms with Crippen LogP contribution in [-0.4, -0.2) is 27.3 Å². The van der Waals surface area contributed by atoms with Crippen molar-refractivity contribution >= 4 is 5.91 Å². The van der Waals surface area contributed by atoms with Gasteiger partial charge in [0.05, 0.1) is 18.6 Å². The minimum Gasteiger partial charge on any atom is -0.347 e. The molecule has 110 valence electrons. The number of halogens is 3. The second kappa shape index (κ2) is 5.23. The molecule has 2 aromatic rings. The number of benzene rings is 1. The summed E-state index contributed by atoms with van der Waals surface area (Å²) in [5, 5.41) is 0. The van der Waals surface area contributed by atoms with Gasteiger partial charge >= 0.3 is 0 Å². The second-order valence-electron chi connectivity index (χ2n) is 5.04. The summed E-state index contributed by atoms with van der Waals surface area (Å²) in [7, 11) is 0. The fourth-order valence-corrected chi connectivity index (χ4v) is 2.58. The predicted octanol–water partition coefficient (Wildman–Crippen LogP) is 2.34. The Morgan fingerprint density at radius 3 is 2.86 bits per heavy atom. The molecule has 3 rings (SSSR count). The summed E-state index contributed by atoms with van der Waals surface area (Å²) in [5.41, 5.74) is 0.655. The molecule has 1 atom stereocenters. The zero-order chi connectivity index (χ0) is 15.0. The van der Waals surface area contributed by atoms with E-state index in [4.69, 9.17) is 0 Å². The second-order valence-corrected chi connectivity index (χ2v) is 5.04. The summed E-state index contributed by atoms with van der Waals surface area (Å²) in [6.45, 7) is 0.534. The van der Waals surface area contributed by atoms with Gasteiger partial charge in [0.15, 0.2) is 11.6 Å². The van der Waals surface area contributed by atoms with Crippen LogP contribution >= 0.6 is 0 Å². The number of aromatic nitrogens is 2. The van der Waals surface area contributed by atoms with E-state index in [2.05, 4.69) is 9.97 Å². The first kappa shape index (κ1) is 13.7. The lowest BCUT2D eigenvalue weighted by Gasteiger charge is -2.16. The number of H-pyrrole nitrogens is 1. The van der Waals surface area contributed by atoms with Crippen LogP contribution in [0, 0.1) is 17.5 Å². The number of aromatic amines is 1. The summed E-state index contributed by atoms with van der Waals surface area (Å²) in [4.78, 5) is 20.2. The molecule has 0 bridgehead atoms. The number of nitrogens with one attached hydrogen (secondary N) is 1. The van der Waals surface area contributed by atoms with Crippen molar-refractivity contribution in [2.75, 3.05) is 6.54 Å². The third-order valence-electron chi connectivity index (χ3n) is 3.59. The van der Waals surface area contributed by atoms with Gasteiger partial charge in [-0.3, -0.25) is 4.79 Å². The Kier molecular flexibility index (Phi) is 3.40. The number of rotatable bonds is 3. The molecule has 1 aliphatic heterocycles. The standard InChI is InChI=1S/C14H12F3N3O/c15-9-2-11(14(17)12(16)3-9)8-1-13(21)20(5-8)6-10-4-18-7-19-10/h2-4,7-8H,1,5-6H2,(H,18,19). The fraction of sp³-hybridized carbons (Fsp3) is 0.286. The van der Waals surface area contributed by atoms with Crippen LogP contribution in [0.5, 0.6) is 0 Å². The summed E-state index contributed by atoms with van der Waals surface area (Å²) >= 11 is 0. The van der Waals surface area contributed by atoms with Crippen molar-refractivity contribution in [1.29, 1.82) is 0 Å². The van der Waals surface area contributed by atoms with Gasteiger partial charge in [-0.05, 0) is 11.6 Å². The lowest BCUT2D eigenvalue weighted by atomic mass is 9.97.